The highest BCUT2D eigenvalue weighted by molar-refractivity contribution is 7.10. The molecule has 0 bridgehead atoms. The Morgan fingerprint density at radius 1 is 1.29 bits per heavy atom. The topological polar surface area (TPSA) is 20.2 Å². The van der Waals surface area contributed by atoms with Crippen molar-refractivity contribution in [3.8, 4) is 0 Å². The van der Waals surface area contributed by atoms with Gasteiger partial charge in [-0.15, -0.1) is 11.3 Å². The lowest BCUT2D eigenvalue weighted by Crippen LogP contribution is -2.24. The molecule has 2 aromatic rings. The minimum absolute atomic E-state index is 0.346. The van der Waals surface area contributed by atoms with E-state index >= 15 is 0 Å². The van der Waals surface area contributed by atoms with Gasteiger partial charge < -0.3 is 5.11 Å². The predicted molar refractivity (Wildman–Crippen MR) is 68.9 cm³/mol. The third-order valence-electron chi connectivity index (χ3n) is 2.92. The maximum atomic E-state index is 14.0. The second kappa shape index (κ2) is 4.24. The van der Waals surface area contributed by atoms with Crippen LogP contribution in [-0.4, -0.2) is 5.11 Å². The number of aliphatic hydroxyl groups is 1. The van der Waals surface area contributed by atoms with Gasteiger partial charge >= 0.3 is 0 Å². The van der Waals surface area contributed by atoms with Crippen molar-refractivity contribution >= 4 is 11.3 Å². The molecule has 0 amide bonds. The van der Waals surface area contributed by atoms with E-state index in [-0.39, 0.29) is 5.82 Å². The molecule has 0 saturated heterocycles. The van der Waals surface area contributed by atoms with Gasteiger partial charge in [0.15, 0.2) is 0 Å². The highest BCUT2D eigenvalue weighted by atomic mass is 32.1. The third kappa shape index (κ3) is 2.13. The van der Waals surface area contributed by atoms with Crippen molar-refractivity contribution in [1.82, 2.24) is 0 Å². The van der Waals surface area contributed by atoms with Gasteiger partial charge in [0, 0.05) is 10.4 Å². The summed E-state index contributed by atoms with van der Waals surface area (Å²) in [4.78, 5) is 0.753. The van der Waals surface area contributed by atoms with Crippen LogP contribution in [0.4, 0.5) is 4.39 Å². The molecule has 1 unspecified atom stereocenters. The smallest absolute Gasteiger partial charge is 0.130 e. The second-order valence-electron chi connectivity index (χ2n) is 4.49. The van der Waals surface area contributed by atoms with Gasteiger partial charge in [-0.2, -0.15) is 0 Å². The number of rotatable bonds is 2. The largest absolute Gasteiger partial charge is 0.380 e. The van der Waals surface area contributed by atoms with E-state index in [1.807, 2.05) is 37.4 Å². The predicted octanol–water partition coefficient (Wildman–Crippen LogP) is 3.76. The molecule has 0 radical (unpaired) electrons. The van der Waals surface area contributed by atoms with E-state index in [4.69, 9.17) is 0 Å². The first-order valence-electron chi connectivity index (χ1n) is 5.46. The van der Waals surface area contributed by atoms with Gasteiger partial charge in [0.05, 0.1) is 0 Å². The van der Waals surface area contributed by atoms with Crippen molar-refractivity contribution in [2.24, 2.45) is 0 Å². The van der Waals surface area contributed by atoms with Crippen LogP contribution in [0, 0.1) is 19.7 Å². The van der Waals surface area contributed by atoms with Crippen LogP contribution in [0.2, 0.25) is 0 Å². The van der Waals surface area contributed by atoms with Crippen LogP contribution in [-0.2, 0) is 5.60 Å². The molecule has 0 saturated carbocycles. The van der Waals surface area contributed by atoms with Gasteiger partial charge in [-0.25, -0.2) is 4.39 Å². The van der Waals surface area contributed by atoms with Gasteiger partial charge in [0.1, 0.15) is 11.4 Å². The fourth-order valence-electron chi connectivity index (χ4n) is 2.21. The fourth-order valence-corrected chi connectivity index (χ4v) is 3.00. The SMILES string of the molecule is Cc1cc(C)c(C(C)(O)c2cccs2)c(F)c1. The van der Waals surface area contributed by atoms with Crippen LogP contribution < -0.4 is 0 Å². The minimum Gasteiger partial charge on any atom is -0.380 e. The summed E-state index contributed by atoms with van der Waals surface area (Å²) in [7, 11) is 0. The number of hydrogen-bond acceptors (Lipinski definition) is 2. The zero-order valence-electron chi connectivity index (χ0n) is 10.1. The Hall–Kier alpha value is -1.19. The Kier molecular flexibility index (Phi) is 3.06. The number of halogens is 1. The lowest BCUT2D eigenvalue weighted by Gasteiger charge is -2.25. The molecule has 1 aromatic heterocycles. The van der Waals surface area contributed by atoms with Crippen molar-refractivity contribution in [2.45, 2.75) is 26.4 Å². The Labute approximate surface area is 105 Å². The Morgan fingerprint density at radius 2 is 2.00 bits per heavy atom. The van der Waals surface area contributed by atoms with E-state index < -0.39 is 5.60 Å². The molecule has 1 nitrogen and oxygen atoms in total. The highest BCUT2D eigenvalue weighted by Crippen LogP contribution is 2.36. The summed E-state index contributed by atoms with van der Waals surface area (Å²) in [6.07, 6.45) is 0. The highest BCUT2D eigenvalue weighted by Gasteiger charge is 2.31. The normalized spacial score (nSPS) is 14.6. The van der Waals surface area contributed by atoms with Gasteiger partial charge in [0.2, 0.25) is 0 Å². The summed E-state index contributed by atoms with van der Waals surface area (Å²) >= 11 is 1.43. The summed E-state index contributed by atoms with van der Waals surface area (Å²) in [5.74, 6) is -0.346. The van der Waals surface area contributed by atoms with Crippen molar-refractivity contribution in [2.75, 3.05) is 0 Å². The van der Waals surface area contributed by atoms with Crippen LogP contribution in [0.1, 0.15) is 28.5 Å². The lowest BCUT2D eigenvalue weighted by molar-refractivity contribution is 0.101. The summed E-state index contributed by atoms with van der Waals surface area (Å²) < 4.78 is 14.0. The van der Waals surface area contributed by atoms with Gasteiger partial charge in [0.25, 0.3) is 0 Å². The molecule has 0 aliphatic rings. The maximum Gasteiger partial charge on any atom is 0.130 e. The van der Waals surface area contributed by atoms with Crippen LogP contribution in [0.25, 0.3) is 0 Å². The van der Waals surface area contributed by atoms with Crippen LogP contribution in [0.15, 0.2) is 29.6 Å². The lowest BCUT2D eigenvalue weighted by atomic mass is 9.89. The van der Waals surface area contributed by atoms with Gasteiger partial charge in [-0.1, -0.05) is 12.1 Å². The first kappa shape index (κ1) is 12.3. The molecule has 1 atom stereocenters. The molecule has 0 aliphatic heterocycles. The third-order valence-corrected chi connectivity index (χ3v) is 4.00. The quantitative estimate of drug-likeness (QED) is 0.860. The van der Waals surface area contributed by atoms with Gasteiger partial charge in [-0.05, 0) is 49.4 Å². The summed E-state index contributed by atoms with van der Waals surface area (Å²) in [5, 5.41) is 12.4. The Balaban J connectivity index is 2.61. The first-order chi connectivity index (χ1) is 7.93. The molecule has 1 N–H and O–H groups in total. The monoisotopic (exact) mass is 250 g/mol. The van der Waals surface area contributed by atoms with E-state index in [0.29, 0.717) is 5.56 Å². The van der Waals surface area contributed by atoms with Crippen molar-refractivity contribution < 1.29 is 9.50 Å². The molecule has 3 heteroatoms. The van der Waals surface area contributed by atoms with Crippen LogP contribution in [0.3, 0.4) is 0 Å². The molecule has 1 aromatic carbocycles. The molecule has 2 rings (SSSR count). The number of benzene rings is 1. The molecular weight excluding hydrogens is 235 g/mol. The van der Waals surface area contributed by atoms with Crippen LogP contribution in [0.5, 0.6) is 0 Å². The molecule has 90 valence electrons. The average molecular weight is 250 g/mol. The van der Waals surface area contributed by atoms with Crippen LogP contribution >= 0.6 is 11.3 Å². The van der Waals surface area contributed by atoms with Gasteiger partial charge in [-0.3, -0.25) is 0 Å². The molecule has 0 aliphatic carbocycles. The van der Waals surface area contributed by atoms with E-state index in [0.717, 1.165) is 16.0 Å². The Morgan fingerprint density at radius 3 is 2.53 bits per heavy atom. The zero-order chi connectivity index (χ0) is 12.6. The van der Waals surface area contributed by atoms with E-state index in [1.165, 1.54) is 17.4 Å². The molecule has 0 spiro atoms. The van der Waals surface area contributed by atoms with Crippen molar-refractivity contribution in [3.63, 3.8) is 0 Å². The van der Waals surface area contributed by atoms with E-state index in [9.17, 15) is 9.50 Å². The zero-order valence-corrected chi connectivity index (χ0v) is 10.9. The molecular formula is C14H15FOS. The summed E-state index contributed by atoms with van der Waals surface area (Å²) in [6, 6.07) is 7.03. The molecule has 0 fully saturated rings. The molecule has 17 heavy (non-hydrogen) atoms. The summed E-state index contributed by atoms with van der Waals surface area (Å²) in [6.45, 7) is 5.31. The second-order valence-corrected chi connectivity index (χ2v) is 5.44. The average Bonchev–Trinajstić information content (AvgIpc) is 2.67. The first-order valence-corrected chi connectivity index (χ1v) is 6.34. The Bertz CT molecular complexity index is 506. The maximum absolute atomic E-state index is 14.0. The van der Waals surface area contributed by atoms with E-state index in [1.54, 1.807) is 6.92 Å². The molecule has 1 heterocycles. The standard InChI is InChI=1S/C14H15FOS/c1-9-7-10(2)13(11(15)8-9)14(3,16)12-5-4-6-17-12/h4-8,16H,1-3H3. The van der Waals surface area contributed by atoms with Crippen molar-refractivity contribution in [3.05, 3.63) is 57.0 Å². The number of hydrogen-bond donors (Lipinski definition) is 1. The minimum atomic E-state index is -1.27. The number of aryl methyl sites for hydroxylation is 2. The number of thiophene rings is 1. The fraction of sp³-hybridized carbons (Fsp3) is 0.286. The van der Waals surface area contributed by atoms with E-state index in [2.05, 4.69) is 0 Å². The summed E-state index contributed by atoms with van der Waals surface area (Å²) in [5.41, 5.74) is 0.743. The van der Waals surface area contributed by atoms with Crippen molar-refractivity contribution in [1.29, 1.82) is 0 Å².